The fraction of sp³-hybridized carbons (Fsp3) is 0.667. The van der Waals surface area contributed by atoms with Crippen LogP contribution in [0.3, 0.4) is 0 Å². The summed E-state index contributed by atoms with van der Waals surface area (Å²) in [4.78, 5) is 25.2. The van der Waals surface area contributed by atoms with Gasteiger partial charge in [0.2, 0.25) is 0 Å². The number of carbonyl (C=O) groups excluding carboxylic acids is 1. The Bertz CT molecular complexity index is 485. The van der Waals surface area contributed by atoms with Gasteiger partial charge in [-0.2, -0.15) is 0 Å². The molecule has 1 unspecified atom stereocenters. The highest BCUT2D eigenvalue weighted by molar-refractivity contribution is 7.07. The molecule has 2 saturated carbocycles. The Balaban J connectivity index is 1.62. The summed E-state index contributed by atoms with van der Waals surface area (Å²) in [5.74, 6) is -0.129. The summed E-state index contributed by atoms with van der Waals surface area (Å²) < 4.78 is 0. The smallest absolute Gasteiger partial charge is 0.305 e. The number of aromatic amines is 1. The lowest BCUT2D eigenvalue weighted by Gasteiger charge is -2.22. The van der Waals surface area contributed by atoms with Crippen LogP contribution in [0.4, 0.5) is 0 Å². The summed E-state index contributed by atoms with van der Waals surface area (Å²) >= 11 is 1.04. The molecule has 0 aliphatic heterocycles. The molecule has 1 aromatic rings. The molecule has 1 amide bonds. The summed E-state index contributed by atoms with van der Waals surface area (Å²) in [5, 5.41) is 4.63. The molecule has 0 saturated heterocycles. The highest BCUT2D eigenvalue weighted by Crippen LogP contribution is 2.56. The first-order valence-electron chi connectivity index (χ1n) is 6.18. The van der Waals surface area contributed by atoms with Crippen LogP contribution < -0.4 is 10.2 Å². The zero-order valence-electron chi connectivity index (χ0n) is 9.62. The third-order valence-corrected chi connectivity index (χ3v) is 4.78. The maximum Gasteiger partial charge on any atom is 0.305 e. The highest BCUT2D eigenvalue weighted by atomic mass is 32.1. The lowest BCUT2D eigenvalue weighted by molar-refractivity contribution is 0.0937. The van der Waals surface area contributed by atoms with Crippen molar-refractivity contribution >= 4 is 17.2 Å². The molecular formula is C12H16N2O2S. The molecule has 1 atom stereocenters. The predicted octanol–water partition coefficient (Wildman–Crippen LogP) is 1.89. The Morgan fingerprint density at radius 2 is 2.18 bits per heavy atom. The van der Waals surface area contributed by atoms with Crippen molar-refractivity contribution < 1.29 is 4.79 Å². The van der Waals surface area contributed by atoms with Gasteiger partial charge in [-0.3, -0.25) is 9.59 Å². The van der Waals surface area contributed by atoms with Crippen molar-refractivity contribution in [3.8, 4) is 0 Å². The van der Waals surface area contributed by atoms with E-state index in [1.807, 2.05) is 0 Å². The van der Waals surface area contributed by atoms with Gasteiger partial charge in [0, 0.05) is 11.4 Å². The second-order valence-corrected chi connectivity index (χ2v) is 6.06. The Morgan fingerprint density at radius 3 is 2.82 bits per heavy atom. The second-order valence-electron chi connectivity index (χ2n) is 5.22. The maximum atomic E-state index is 11.9. The minimum Gasteiger partial charge on any atom is -0.347 e. The van der Waals surface area contributed by atoms with Gasteiger partial charge >= 0.3 is 4.87 Å². The highest BCUT2D eigenvalue weighted by Gasteiger charge is 2.54. The van der Waals surface area contributed by atoms with E-state index in [9.17, 15) is 9.59 Å². The fourth-order valence-electron chi connectivity index (χ4n) is 2.99. The van der Waals surface area contributed by atoms with E-state index in [2.05, 4.69) is 10.3 Å². The van der Waals surface area contributed by atoms with Crippen LogP contribution in [0.15, 0.2) is 10.2 Å². The van der Waals surface area contributed by atoms with Gasteiger partial charge in [-0.1, -0.05) is 30.6 Å². The number of carbonyl (C=O) groups is 1. The maximum absolute atomic E-state index is 11.9. The van der Waals surface area contributed by atoms with Gasteiger partial charge < -0.3 is 10.3 Å². The van der Waals surface area contributed by atoms with Crippen molar-refractivity contribution in [2.75, 3.05) is 0 Å². The van der Waals surface area contributed by atoms with Gasteiger partial charge in [0.1, 0.15) is 5.69 Å². The van der Waals surface area contributed by atoms with Crippen LogP contribution in [0.1, 0.15) is 49.0 Å². The molecule has 2 N–H and O–H groups in total. The molecule has 2 fully saturated rings. The van der Waals surface area contributed by atoms with Gasteiger partial charge in [0.15, 0.2) is 0 Å². The minimum atomic E-state index is -0.168. The van der Waals surface area contributed by atoms with Gasteiger partial charge in [0.05, 0.1) is 0 Å². The Kier molecular flexibility index (Phi) is 2.58. The van der Waals surface area contributed by atoms with E-state index in [1.54, 1.807) is 5.38 Å². The molecule has 0 bridgehead atoms. The monoisotopic (exact) mass is 252 g/mol. The Morgan fingerprint density at radius 1 is 1.41 bits per heavy atom. The molecule has 4 nitrogen and oxygen atoms in total. The third kappa shape index (κ3) is 2.04. The van der Waals surface area contributed by atoms with E-state index in [4.69, 9.17) is 0 Å². The Labute approximate surface area is 103 Å². The molecule has 1 heterocycles. The molecule has 3 rings (SSSR count). The number of nitrogens with one attached hydrogen (secondary N) is 2. The molecule has 17 heavy (non-hydrogen) atoms. The molecule has 5 heteroatoms. The van der Waals surface area contributed by atoms with Crippen molar-refractivity contribution in [2.45, 2.75) is 44.6 Å². The minimum absolute atomic E-state index is 0.129. The zero-order chi connectivity index (χ0) is 11.9. The number of H-pyrrole nitrogens is 1. The van der Waals surface area contributed by atoms with Crippen molar-refractivity contribution in [2.24, 2.45) is 5.41 Å². The average molecular weight is 252 g/mol. The van der Waals surface area contributed by atoms with Crippen LogP contribution in [-0.2, 0) is 0 Å². The molecule has 1 aromatic heterocycles. The molecular weight excluding hydrogens is 236 g/mol. The van der Waals surface area contributed by atoms with Crippen LogP contribution in [-0.4, -0.2) is 16.9 Å². The topological polar surface area (TPSA) is 62.0 Å². The second kappa shape index (κ2) is 3.98. The summed E-state index contributed by atoms with van der Waals surface area (Å²) in [6.45, 7) is 0. The van der Waals surface area contributed by atoms with E-state index >= 15 is 0 Å². The first kappa shape index (κ1) is 11.0. The molecule has 1 spiro atoms. The fourth-order valence-corrected chi connectivity index (χ4v) is 3.55. The first-order valence-corrected chi connectivity index (χ1v) is 7.06. The average Bonchev–Trinajstić information content (AvgIpc) is 2.77. The van der Waals surface area contributed by atoms with E-state index in [1.165, 1.54) is 32.1 Å². The van der Waals surface area contributed by atoms with E-state index < -0.39 is 0 Å². The van der Waals surface area contributed by atoms with Crippen molar-refractivity contribution in [1.82, 2.24) is 10.3 Å². The van der Waals surface area contributed by atoms with Crippen molar-refractivity contribution in [1.29, 1.82) is 0 Å². The van der Waals surface area contributed by atoms with Crippen LogP contribution >= 0.6 is 11.3 Å². The normalized spacial score (nSPS) is 25.8. The predicted molar refractivity (Wildman–Crippen MR) is 66.3 cm³/mol. The van der Waals surface area contributed by atoms with E-state index in [0.717, 1.165) is 17.8 Å². The number of hydrogen-bond acceptors (Lipinski definition) is 3. The first-order chi connectivity index (χ1) is 8.20. The van der Waals surface area contributed by atoms with Crippen molar-refractivity contribution in [3.63, 3.8) is 0 Å². The summed E-state index contributed by atoms with van der Waals surface area (Å²) in [6, 6.07) is 0.332. The third-order valence-electron chi connectivity index (χ3n) is 4.11. The van der Waals surface area contributed by atoms with Gasteiger partial charge in [0.25, 0.3) is 5.91 Å². The van der Waals surface area contributed by atoms with Crippen LogP contribution in [0, 0.1) is 5.41 Å². The van der Waals surface area contributed by atoms with Crippen molar-refractivity contribution in [3.05, 3.63) is 20.7 Å². The van der Waals surface area contributed by atoms with Crippen LogP contribution in [0.2, 0.25) is 0 Å². The zero-order valence-corrected chi connectivity index (χ0v) is 10.4. The van der Waals surface area contributed by atoms with Gasteiger partial charge in [-0.05, 0) is 24.7 Å². The summed E-state index contributed by atoms with van der Waals surface area (Å²) in [5.41, 5.74) is 0.794. The summed E-state index contributed by atoms with van der Waals surface area (Å²) in [6.07, 6.45) is 7.53. The number of rotatable bonds is 2. The lowest BCUT2D eigenvalue weighted by Crippen LogP contribution is -2.31. The number of amides is 1. The molecule has 0 radical (unpaired) electrons. The molecule has 92 valence electrons. The lowest BCUT2D eigenvalue weighted by atomic mass is 9.86. The van der Waals surface area contributed by atoms with E-state index in [0.29, 0.717) is 17.2 Å². The molecule has 0 aromatic carbocycles. The standard InChI is InChI=1S/C12H16N2O2S/c15-10(8-7-17-11(16)13-8)14-9-6-12(9)4-2-1-3-5-12/h7,9H,1-6H2,(H,13,16)(H,14,15). The quantitative estimate of drug-likeness (QED) is 0.844. The van der Waals surface area contributed by atoms with Gasteiger partial charge in [-0.25, -0.2) is 0 Å². The molecule has 2 aliphatic rings. The summed E-state index contributed by atoms with van der Waals surface area (Å²) in [7, 11) is 0. The number of aromatic nitrogens is 1. The SMILES string of the molecule is O=C(NC1CC12CCCCC2)c1csc(=O)[nH]1. The largest absolute Gasteiger partial charge is 0.347 e. The Hall–Kier alpha value is -1.10. The number of hydrogen-bond donors (Lipinski definition) is 2. The van der Waals surface area contributed by atoms with Crippen LogP contribution in [0.25, 0.3) is 0 Å². The van der Waals surface area contributed by atoms with E-state index in [-0.39, 0.29) is 10.8 Å². The molecule has 2 aliphatic carbocycles. The van der Waals surface area contributed by atoms with Gasteiger partial charge in [-0.15, -0.1) is 0 Å². The van der Waals surface area contributed by atoms with Crippen LogP contribution in [0.5, 0.6) is 0 Å². The number of thiazole rings is 1.